The molecule has 0 bridgehead atoms. The summed E-state index contributed by atoms with van der Waals surface area (Å²) in [6, 6.07) is 4.43. The summed E-state index contributed by atoms with van der Waals surface area (Å²) in [6.07, 6.45) is 0.0726. The number of nitrogens with zero attached hydrogens (tertiary/aromatic N) is 1. The first-order valence-corrected chi connectivity index (χ1v) is 7.90. The molecule has 2 rings (SSSR count). The number of aryl methyl sites for hydroxylation is 1. The number of hydrogen-bond donors (Lipinski definition) is 2. The molecule has 0 unspecified atom stereocenters. The number of benzene rings is 1. The molecule has 0 aliphatic carbocycles. The maximum atomic E-state index is 12.5. The largest absolute Gasteiger partial charge is 0.480 e. The minimum atomic E-state index is -1.12. The fraction of sp³-hybridized carbons (Fsp3) is 0.400. The Morgan fingerprint density at radius 2 is 2.14 bits per heavy atom. The Morgan fingerprint density at radius 1 is 1.45 bits per heavy atom. The molecular formula is C15H18N2O4S. The number of carbonyl (C=O) groups is 3. The molecule has 1 heterocycles. The number of anilines is 1. The van der Waals surface area contributed by atoms with Gasteiger partial charge in [-0.25, -0.2) is 4.90 Å². The van der Waals surface area contributed by atoms with E-state index in [9.17, 15) is 14.4 Å². The van der Waals surface area contributed by atoms with Gasteiger partial charge in [-0.1, -0.05) is 12.1 Å². The van der Waals surface area contributed by atoms with Gasteiger partial charge in [0.15, 0.2) is 0 Å². The fourth-order valence-corrected chi connectivity index (χ4v) is 3.35. The molecule has 7 heteroatoms. The van der Waals surface area contributed by atoms with Gasteiger partial charge in [0.05, 0.1) is 10.9 Å². The Labute approximate surface area is 132 Å². The normalized spacial score (nSPS) is 19.6. The van der Waals surface area contributed by atoms with Crippen molar-refractivity contribution in [1.29, 1.82) is 0 Å². The van der Waals surface area contributed by atoms with Gasteiger partial charge in [-0.15, -0.1) is 11.8 Å². The van der Waals surface area contributed by atoms with E-state index < -0.39 is 17.3 Å². The SMILES string of the molecule is Cc1cccc(N2C(=O)C[C@H](SC[C@H](N)C(=O)O)C2=O)c1C. The maximum Gasteiger partial charge on any atom is 0.321 e. The Balaban J connectivity index is 2.15. The lowest BCUT2D eigenvalue weighted by Crippen LogP contribution is -2.35. The van der Waals surface area contributed by atoms with Crippen LogP contribution in [-0.2, 0) is 14.4 Å². The van der Waals surface area contributed by atoms with E-state index in [0.29, 0.717) is 5.69 Å². The number of amides is 2. The van der Waals surface area contributed by atoms with E-state index >= 15 is 0 Å². The van der Waals surface area contributed by atoms with Gasteiger partial charge in [-0.2, -0.15) is 0 Å². The van der Waals surface area contributed by atoms with E-state index in [-0.39, 0.29) is 24.0 Å². The first-order chi connectivity index (χ1) is 10.3. The first kappa shape index (κ1) is 16.5. The Hall–Kier alpha value is -1.86. The predicted molar refractivity (Wildman–Crippen MR) is 84.9 cm³/mol. The summed E-state index contributed by atoms with van der Waals surface area (Å²) in [4.78, 5) is 36.6. The summed E-state index contributed by atoms with van der Waals surface area (Å²) < 4.78 is 0. The lowest BCUT2D eigenvalue weighted by atomic mass is 10.1. The zero-order valence-electron chi connectivity index (χ0n) is 12.4. The second-order valence-electron chi connectivity index (χ2n) is 5.26. The quantitative estimate of drug-likeness (QED) is 0.787. The summed E-state index contributed by atoms with van der Waals surface area (Å²) in [5, 5.41) is 8.20. The van der Waals surface area contributed by atoms with Crippen LogP contribution in [0.2, 0.25) is 0 Å². The molecular weight excluding hydrogens is 304 g/mol. The molecule has 1 saturated heterocycles. The molecule has 6 nitrogen and oxygen atoms in total. The van der Waals surface area contributed by atoms with E-state index in [0.717, 1.165) is 22.9 Å². The third kappa shape index (κ3) is 3.15. The van der Waals surface area contributed by atoms with Crippen molar-refractivity contribution >= 4 is 35.2 Å². The lowest BCUT2D eigenvalue weighted by molar-refractivity contribution is -0.138. The van der Waals surface area contributed by atoms with Gasteiger partial charge in [-0.3, -0.25) is 14.4 Å². The molecule has 1 aromatic carbocycles. The fourth-order valence-electron chi connectivity index (χ4n) is 2.26. The highest BCUT2D eigenvalue weighted by molar-refractivity contribution is 8.00. The number of carboxylic acid groups (broad SMARTS) is 1. The highest BCUT2D eigenvalue weighted by Gasteiger charge is 2.40. The van der Waals surface area contributed by atoms with Gasteiger partial charge >= 0.3 is 5.97 Å². The topological polar surface area (TPSA) is 101 Å². The maximum absolute atomic E-state index is 12.5. The van der Waals surface area contributed by atoms with E-state index in [2.05, 4.69) is 0 Å². The average Bonchev–Trinajstić information content (AvgIpc) is 2.74. The summed E-state index contributed by atoms with van der Waals surface area (Å²) in [5.41, 5.74) is 7.92. The van der Waals surface area contributed by atoms with Crippen molar-refractivity contribution in [2.75, 3.05) is 10.7 Å². The molecule has 0 radical (unpaired) electrons. The number of hydrogen-bond acceptors (Lipinski definition) is 5. The molecule has 1 aliphatic rings. The number of imide groups is 1. The monoisotopic (exact) mass is 322 g/mol. The van der Waals surface area contributed by atoms with Crippen molar-refractivity contribution in [2.45, 2.75) is 31.6 Å². The summed E-state index contributed by atoms with van der Waals surface area (Å²) >= 11 is 1.12. The van der Waals surface area contributed by atoms with Gasteiger partial charge in [0.25, 0.3) is 0 Å². The Bertz CT molecular complexity index is 632. The molecule has 0 spiro atoms. The van der Waals surface area contributed by atoms with Crippen molar-refractivity contribution in [3.8, 4) is 0 Å². The van der Waals surface area contributed by atoms with E-state index in [1.807, 2.05) is 19.9 Å². The third-order valence-electron chi connectivity index (χ3n) is 3.72. The second kappa shape index (κ2) is 6.50. The minimum absolute atomic E-state index is 0.0726. The summed E-state index contributed by atoms with van der Waals surface area (Å²) in [5.74, 6) is -1.59. The number of carbonyl (C=O) groups excluding carboxylic acids is 2. The van der Waals surface area contributed by atoms with Gasteiger partial charge in [0.1, 0.15) is 6.04 Å². The zero-order chi connectivity index (χ0) is 16.4. The molecule has 2 amide bonds. The van der Waals surface area contributed by atoms with Crippen LogP contribution in [0.1, 0.15) is 17.5 Å². The lowest BCUT2D eigenvalue weighted by Gasteiger charge is -2.18. The average molecular weight is 322 g/mol. The standard InChI is InChI=1S/C15H18N2O4S/c1-8-4-3-5-11(9(8)2)17-13(18)6-12(14(17)19)22-7-10(16)15(20)21/h3-5,10,12H,6-7,16H2,1-2H3,(H,20,21)/t10-,12-/m0/s1. The second-order valence-corrected chi connectivity index (χ2v) is 6.49. The van der Waals surface area contributed by atoms with Crippen LogP contribution in [0.25, 0.3) is 0 Å². The molecule has 3 N–H and O–H groups in total. The first-order valence-electron chi connectivity index (χ1n) is 6.86. The van der Waals surface area contributed by atoms with Gasteiger partial charge in [-0.05, 0) is 31.0 Å². The van der Waals surface area contributed by atoms with Crippen molar-refractivity contribution in [3.63, 3.8) is 0 Å². The van der Waals surface area contributed by atoms with Crippen LogP contribution in [0.5, 0.6) is 0 Å². The molecule has 1 fully saturated rings. The van der Waals surface area contributed by atoms with Crippen LogP contribution in [0, 0.1) is 13.8 Å². The van der Waals surface area contributed by atoms with E-state index in [1.165, 1.54) is 4.90 Å². The molecule has 0 saturated carbocycles. The van der Waals surface area contributed by atoms with Crippen LogP contribution in [-0.4, -0.2) is 39.9 Å². The number of rotatable bonds is 5. The summed E-state index contributed by atoms with van der Waals surface area (Å²) in [6.45, 7) is 3.79. The van der Waals surface area contributed by atoms with Crippen molar-refractivity contribution in [3.05, 3.63) is 29.3 Å². The highest BCUT2D eigenvalue weighted by Crippen LogP contribution is 2.32. The summed E-state index contributed by atoms with van der Waals surface area (Å²) in [7, 11) is 0. The van der Waals surface area contributed by atoms with Gasteiger partial charge in [0.2, 0.25) is 11.8 Å². The van der Waals surface area contributed by atoms with Crippen LogP contribution < -0.4 is 10.6 Å². The highest BCUT2D eigenvalue weighted by atomic mass is 32.2. The number of carboxylic acids is 1. The molecule has 1 aromatic rings. The number of aliphatic carboxylic acids is 1. The van der Waals surface area contributed by atoms with Crippen LogP contribution >= 0.6 is 11.8 Å². The molecule has 2 atom stereocenters. The van der Waals surface area contributed by atoms with Crippen LogP contribution in [0.15, 0.2) is 18.2 Å². The number of nitrogens with two attached hydrogens (primary N) is 1. The zero-order valence-corrected chi connectivity index (χ0v) is 13.2. The smallest absolute Gasteiger partial charge is 0.321 e. The van der Waals surface area contributed by atoms with Crippen molar-refractivity contribution < 1.29 is 19.5 Å². The molecule has 118 valence electrons. The Kier molecular flexibility index (Phi) is 4.87. The van der Waals surface area contributed by atoms with Gasteiger partial charge < -0.3 is 10.8 Å². The third-order valence-corrected chi connectivity index (χ3v) is 5.04. The van der Waals surface area contributed by atoms with Crippen LogP contribution in [0.3, 0.4) is 0 Å². The number of thioether (sulfide) groups is 1. The van der Waals surface area contributed by atoms with E-state index in [4.69, 9.17) is 10.8 Å². The van der Waals surface area contributed by atoms with E-state index in [1.54, 1.807) is 12.1 Å². The molecule has 1 aliphatic heterocycles. The molecule has 22 heavy (non-hydrogen) atoms. The minimum Gasteiger partial charge on any atom is -0.480 e. The van der Waals surface area contributed by atoms with Crippen LogP contribution in [0.4, 0.5) is 5.69 Å². The van der Waals surface area contributed by atoms with Crippen molar-refractivity contribution in [1.82, 2.24) is 0 Å². The van der Waals surface area contributed by atoms with Crippen molar-refractivity contribution in [2.24, 2.45) is 5.73 Å². The van der Waals surface area contributed by atoms with Gasteiger partial charge in [0, 0.05) is 12.2 Å². The molecule has 0 aromatic heterocycles. The predicted octanol–water partition coefficient (Wildman–Crippen LogP) is 1.08. The Morgan fingerprint density at radius 3 is 2.77 bits per heavy atom.